The van der Waals surface area contributed by atoms with Gasteiger partial charge in [0.15, 0.2) is 24.7 Å². The zero-order valence-corrected chi connectivity index (χ0v) is 16.0. The van der Waals surface area contributed by atoms with E-state index >= 15 is 0 Å². The summed E-state index contributed by atoms with van der Waals surface area (Å²) < 4.78 is 15.5. The Bertz CT molecular complexity index is 778. The summed E-state index contributed by atoms with van der Waals surface area (Å²) in [6.07, 6.45) is 1.59. The van der Waals surface area contributed by atoms with Crippen LogP contribution in [0.25, 0.3) is 0 Å². The second-order valence-corrected chi connectivity index (χ2v) is 6.29. The molecule has 0 unspecified atom stereocenters. The maximum Gasteiger partial charge on any atom is 0.341 e. The first kappa shape index (κ1) is 22.9. The first-order valence-electron chi connectivity index (χ1n) is 9.10. The van der Waals surface area contributed by atoms with Gasteiger partial charge in [0.1, 0.15) is 6.61 Å². The molecule has 0 aliphatic carbocycles. The first-order valence-corrected chi connectivity index (χ1v) is 9.10. The van der Waals surface area contributed by atoms with Gasteiger partial charge in [0.2, 0.25) is 0 Å². The van der Waals surface area contributed by atoms with E-state index in [0.29, 0.717) is 0 Å². The molecule has 1 saturated heterocycles. The van der Waals surface area contributed by atoms with Crippen molar-refractivity contribution in [3.63, 3.8) is 0 Å². The maximum atomic E-state index is 12.2. The van der Waals surface area contributed by atoms with Gasteiger partial charge in [-0.1, -0.05) is 0 Å². The minimum atomic E-state index is -1.27. The molecule has 1 aromatic rings. The van der Waals surface area contributed by atoms with Gasteiger partial charge in [-0.25, -0.2) is 9.59 Å². The van der Waals surface area contributed by atoms with Crippen LogP contribution in [0.1, 0.15) is 23.2 Å². The first-order chi connectivity index (χ1) is 14.3. The van der Waals surface area contributed by atoms with Crippen molar-refractivity contribution in [3.8, 4) is 11.5 Å². The molecule has 164 valence electrons. The van der Waals surface area contributed by atoms with E-state index in [1.807, 2.05) is 0 Å². The third-order valence-corrected chi connectivity index (χ3v) is 3.96. The average Bonchev–Trinajstić information content (AvgIpc) is 2.73. The number of benzene rings is 1. The molecule has 2 rings (SSSR count). The number of piperidine rings is 1. The summed E-state index contributed by atoms with van der Waals surface area (Å²) in [5.74, 6) is -3.92. The molecule has 1 fully saturated rings. The Morgan fingerprint density at radius 3 is 2.20 bits per heavy atom. The zero-order chi connectivity index (χ0) is 21.9. The van der Waals surface area contributed by atoms with Crippen LogP contribution < -0.4 is 25.6 Å². The molecule has 0 radical (unpaired) electrons. The van der Waals surface area contributed by atoms with Crippen LogP contribution >= 0.6 is 0 Å². The molecule has 1 aliphatic heterocycles. The summed E-state index contributed by atoms with van der Waals surface area (Å²) in [4.78, 5) is 45.4. The van der Waals surface area contributed by atoms with E-state index in [1.54, 1.807) is 0 Å². The number of ether oxygens (including phenoxy) is 3. The quantitative estimate of drug-likeness (QED) is 0.297. The van der Waals surface area contributed by atoms with E-state index < -0.39 is 37.0 Å². The Kier molecular flexibility index (Phi) is 8.84. The Balaban J connectivity index is 1.91. The predicted molar refractivity (Wildman–Crippen MR) is 100 cm³/mol. The topological polar surface area (TPSA) is 173 Å². The number of hydrogen-bond acceptors (Lipinski definition) is 8. The summed E-state index contributed by atoms with van der Waals surface area (Å²) in [5, 5.41) is 20.6. The number of aliphatic carboxylic acids is 2. The molecule has 5 N–H and O–H groups in total. The number of hydrogen-bond donors (Lipinski definition) is 5. The molecule has 1 heterocycles. The molecule has 12 nitrogen and oxygen atoms in total. The zero-order valence-electron chi connectivity index (χ0n) is 16.0. The van der Waals surface area contributed by atoms with Crippen molar-refractivity contribution in [2.45, 2.75) is 18.9 Å². The fourth-order valence-electron chi connectivity index (χ4n) is 2.55. The molecule has 30 heavy (non-hydrogen) atoms. The van der Waals surface area contributed by atoms with Gasteiger partial charge >= 0.3 is 11.9 Å². The van der Waals surface area contributed by atoms with Gasteiger partial charge < -0.3 is 29.7 Å². The van der Waals surface area contributed by atoms with E-state index in [2.05, 4.69) is 16.2 Å². The van der Waals surface area contributed by atoms with E-state index in [4.69, 9.17) is 24.4 Å². The second kappa shape index (κ2) is 11.6. The Hall–Kier alpha value is -3.38. The van der Waals surface area contributed by atoms with Crippen molar-refractivity contribution >= 4 is 23.8 Å². The third kappa shape index (κ3) is 7.93. The Morgan fingerprint density at radius 2 is 1.57 bits per heavy atom. The van der Waals surface area contributed by atoms with E-state index in [-0.39, 0.29) is 29.8 Å². The van der Waals surface area contributed by atoms with Crippen LogP contribution in [-0.4, -0.2) is 73.0 Å². The molecular formula is C18H23N3O9. The summed E-state index contributed by atoms with van der Waals surface area (Å²) in [7, 11) is 0. The Morgan fingerprint density at radius 1 is 0.933 bits per heavy atom. The number of nitrogens with one attached hydrogen (secondary N) is 3. The number of hydrazine groups is 1. The number of amides is 2. The summed E-state index contributed by atoms with van der Waals surface area (Å²) in [6.45, 7) is 0.0319. The van der Waals surface area contributed by atoms with Gasteiger partial charge in [-0.15, -0.1) is 0 Å². The molecule has 0 saturated carbocycles. The molecule has 1 aliphatic rings. The van der Waals surface area contributed by atoms with Crippen molar-refractivity contribution in [1.29, 1.82) is 0 Å². The van der Waals surface area contributed by atoms with Crippen LogP contribution in [0.2, 0.25) is 0 Å². The van der Waals surface area contributed by atoms with Crippen molar-refractivity contribution in [3.05, 3.63) is 23.8 Å². The van der Waals surface area contributed by atoms with E-state index in [9.17, 15) is 19.2 Å². The van der Waals surface area contributed by atoms with Crippen LogP contribution in [0.5, 0.6) is 11.5 Å². The largest absolute Gasteiger partial charge is 0.479 e. The van der Waals surface area contributed by atoms with Gasteiger partial charge in [-0.3, -0.25) is 20.4 Å². The molecule has 12 heteroatoms. The van der Waals surface area contributed by atoms with E-state index in [0.717, 1.165) is 25.9 Å². The fraction of sp³-hybridized carbons (Fsp3) is 0.444. The van der Waals surface area contributed by atoms with Gasteiger partial charge in [0.05, 0.1) is 6.10 Å². The maximum absolute atomic E-state index is 12.2. The minimum absolute atomic E-state index is 0.0139. The summed E-state index contributed by atoms with van der Waals surface area (Å²) in [5.41, 5.74) is 4.46. The van der Waals surface area contributed by atoms with Crippen LogP contribution in [-0.2, 0) is 19.1 Å². The van der Waals surface area contributed by atoms with Crippen molar-refractivity contribution < 1.29 is 43.6 Å². The molecule has 0 atom stereocenters. The SMILES string of the molecule is O=C(O)COc1ccc(C(=O)NNC(=O)COC2CCNCC2)cc1OCC(=O)O. The van der Waals surface area contributed by atoms with Crippen LogP contribution in [0, 0.1) is 0 Å². The fourth-order valence-corrected chi connectivity index (χ4v) is 2.55. The summed E-state index contributed by atoms with van der Waals surface area (Å²) in [6, 6.07) is 3.74. The highest BCUT2D eigenvalue weighted by atomic mass is 16.5. The van der Waals surface area contributed by atoms with Gasteiger partial charge in [-0.05, 0) is 44.1 Å². The standard InChI is InChI=1S/C18H23N3O9/c22-15(8-28-12-3-5-19-6-4-12)20-21-18(27)11-1-2-13(29-9-16(23)24)14(7-11)30-10-17(25)26/h1-2,7,12,19H,3-6,8-10H2,(H,20,22)(H,21,27)(H,23,24)(H,25,26). The lowest BCUT2D eigenvalue weighted by atomic mass is 10.1. The number of rotatable bonds is 10. The van der Waals surface area contributed by atoms with Crippen molar-refractivity contribution in [2.24, 2.45) is 0 Å². The molecule has 1 aromatic carbocycles. The molecule has 0 spiro atoms. The lowest BCUT2D eigenvalue weighted by Crippen LogP contribution is -2.44. The monoisotopic (exact) mass is 425 g/mol. The van der Waals surface area contributed by atoms with Crippen LogP contribution in [0.15, 0.2) is 18.2 Å². The number of carbonyl (C=O) groups is 4. The predicted octanol–water partition coefficient (Wildman–Crippen LogP) is -0.857. The highest BCUT2D eigenvalue weighted by molar-refractivity contribution is 5.96. The normalized spacial score (nSPS) is 13.9. The molecule has 0 bridgehead atoms. The Labute approximate surface area is 171 Å². The molecule has 0 aromatic heterocycles. The highest BCUT2D eigenvalue weighted by Gasteiger charge is 2.17. The van der Waals surface area contributed by atoms with Gasteiger partial charge in [0, 0.05) is 5.56 Å². The van der Waals surface area contributed by atoms with E-state index in [1.165, 1.54) is 18.2 Å². The minimum Gasteiger partial charge on any atom is -0.479 e. The third-order valence-electron chi connectivity index (χ3n) is 3.96. The van der Waals surface area contributed by atoms with Gasteiger partial charge in [0.25, 0.3) is 11.8 Å². The lowest BCUT2D eigenvalue weighted by Gasteiger charge is -2.22. The van der Waals surface area contributed by atoms with Gasteiger partial charge in [-0.2, -0.15) is 0 Å². The average molecular weight is 425 g/mol. The van der Waals surface area contributed by atoms with Crippen molar-refractivity contribution in [2.75, 3.05) is 32.9 Å². The lowest BCUT2D eigenvalue weighted by molar-refractivity contribution is -0.140. The van der Waals surface area contributed by atoms with Crippen LogP contribution in [0.3, 0.4) is 0 Å². The van der Waals surface area contributed by atoms with Crippen molar-refractivity contribution in [1.82, 2.24) is 16.2 Å². The molecular weight excluding hydrogens is 402 g/mol. The number of carbonyl (C=O) groups excluding carboxylic acids is 2. The number of carboxylic acids is 2. The molecule has 2 amide bonds. The highest BCUT2D eigenvalue weighted by Crippen LogP contribution is 2.28. The smallest absolute Gasteiger partial charge is 0.341 e. The van der Waals surface area contributed by atoms with Crippen LogP contribution in [0.4, 0.5) is 0 Å². The summed E-state index contributed by atoms with van der Waals surface area (Å²) >= 11 is 0. The second-order valence-electron chi connectivity index (χ2n) is 6.29. The number of carboxylic acid groups (broad SMARTS) is 2.